The fourth-order valence-electron chi connectivity index (χ4n) is 7.36. The molecule has 0 saturated heterocycles. The van der Waals surface area contributed by atoms with Crippen LogP contribution in [0.15, 0.2) is 126 Å². The first-order valence-electron chi connectivity index (χ1n) is 20.7. The third-order valence-electron chi connectivity index (χ3n) is 10.3. The van der Waals surface area contributed by atoms with E-state index < -0.39 is 14.4 Å². The van der Waals surface area contributed by atoms with Crippen molar-refractivity contribution in [1.29, 1.82) is 0 Å². The molecule has 0 aliphatic carbocycles. The van der Waals surface area contributed by atoms with Gasteiger partial charge < -0.3 is 14.0 Å². The molecule has 0 atom stereocenters. The molecule has 0 fully saturated rings. The van der Waals surface area contributed by atoms with Crippen molar-refractivity contribution in [1.82, 2.24) is 19.5 Å². The van der Waals surface area contributed by atoms with Gasteiger partial charge >= 0.3 is 0 Å². The maximum absolute atomic E-state index is 8.69. The molecule has 5 nitrogen and oxygen atoms in total. The molecule has 9 rings (SSSR count). The maximum atomic E-state index is 8.69. The first-order chi connectivity index (χ1) is 28.0. The van der Waals surface area contributed by atoms with Crippen LogP contribution in [0.3, 0.4) is 0 Å². The smallest absolute Gasteiger partial charge is 0.216 e. The minimum atomic E-state index is -1.71. The van der Waals surface area contributed by atoms with E-state index in [0.29, 0.717) is 5.71 Å². The van der Waals surface area contributed by atoms with Crippen LogP contribution < -0.4 is 5.19 Å². The number of nitrogens with zero attached hydrogens (tertiary/aromatic N) is 4. The topological polar surface area (TPSA) is 56.7 Å². The Bertz CT molecular complexity index is 3010. The van der Waals surface area contributed by atoms with Gasteiger partial charge in [0.2, 0.25) is 5.71 Å². The first-order valence-corrected chi connectivity index (χ1v) is 23.2. The quantitative estimate of drug-likeness (QED) is 0.123. The van der Waals surface area contributed by atoms with Crippen molar-refractivity contribution < 1.29 is 27.3 Å². The number of hydrogen-bond donors (Lipinski definition) is 0. The van der Waals surface area contributed by atoms with Crippen LogP contribution in [0.5, 0.6) is 0 Å². The molecule has 7 heteroatoms. The van der Waals surface area contributed by atoms with E-state index in [4.69, 9.17) is 17.1 Å². The summed E-state index contributed by atoms with van der Waals surface area (Å²) in [7, 11) is -1.71. The largest absolute Gasteiger partial charge is 0.486 e. The number of pyridine rings is 2. The number of imidazole rings is 1. The maximum Gasteiger partial charge on any atom is 0.216 e. The molecule has 1 radical (unpaired) electrons. The summed E-state index contributed by atoms with van der Waals surface area (Å²) in [5.41, 5.74) is 9.98. The zero-order valence-electron chi connectivity index (χ0n) is 36.7. The van der Waals surface area contributed by atoms with Gasteiger partial charge in [0.05, 0.1) is 30.5 Å². The number of hydrogen-bond acceptors (Lipinski definition) is 4. The van der Waals surface area contributed by atoms with E-state index in [-0.39, 0.29) is 31.4 Å². The molecule has 5 aromatic carbocycles. The van der Waals surface area contributed by atoms with Crippen LogP contribution in [0, 0.1) is 25.0 Å². The molecule has 0 spiro atoms. The molecular formula is C51H50IrN4OSi-2. The van der Waals surface area contributed by atoms with Gasteiger partial charge in [-0.3, -0.25) is 4.98 Å². The average Bonchev–Trinajstić information content (AvgIpc) is 3.78. The number of aromatic nitrogens is 4. The second-order valence-corrected chi connectivity index (χ2v) is 22.2. The zero-order valence-corrected chi connectivity index (χ0v) is 38.0. The van der Waals surface area contributed by atoms with Crippen LogP contribution in [0.1, 0.15) is 54.2 Å². The average molecular weight is 957 g/mol. The predicted octanol–water partition coefficient (Wildman–Crippen LogP) is 12.8. The Morgan fingerprint density at radius 1 is 0.810 bits per heavy atom. The molecule has 0 unspecified atom stereocenters. The summed E-state index contributed by atoms with van der Waals surface area (Å²) in [6.07, 6.45) is 0.531. The van der Waals surface area contributed by atoms with Crippen molar-refractivity contribution in [2.45, 2.75) is 73.0 Å². The Morgan fingerprint density at radius 2 is 1.55 bits per heavy atom. The Kier molecular flexibility index (Phi) is 10.7. The zero-order chi connectivity index (χ0) is 41.9. The van der Waals surface area contributed by atoms with E-state index in [1.54, 1.807) is 0 Å². The van der Waals surface area contributed by atoms with Crippen LogP contribution in [0.4, 0.5) is 0 Å². The second-order valence-electron chi connectivity index (χ2n) is 17.2. The van der Waals surface area contributed by atoms with Crippen molar-refractivity contribution in [3.8, 4) is 28.3 Å². The van der Waals surface area contributed by atoms with Gasteiger partial charge in [-0.25, -0.2) is 4.98 Å². The van der Waals surface area contributed by atoms with Gasteiger partial charge in [-0.05, 0) is 82.7 Å². The molecule has 9 aromatic rings. The Balaban J connectivity index is 0.000000185. The van der Waals surface area contributed by atoms with Crippen LogP contribution in [-0.4, -0.2) is 27.6 Å². The molecule has 0 aliphatic rings. The number of furan rings is 1. The number of aryl methyl sites for hydroxylation is 1. The number of para-hydroxylation sites is 2. The number of benzene rings is 5. The van der Waals surface area contributed by atoms with Gasteiger partial charge in [-0.2, -0.15) is 0 Å². The van der Waals surface area contributed by atoms with Crippen molar-refractivity contribution in [2.75, 3.05) is 0 Å². The van der Waals surface area contributed by atoms with Crippen molar-refractivity contribution in [2.24, 2.45) is 5.92 Å². The summed E-state index contributed by atoms with van der Waals surface area (Å²) in [5.74, 6) is 0.700. The van der Waals surface area contributed by atoms with Crippen LogP contribution in [0.2, 0.25) is 19.6 Å². The molecule has 0 bridgehead atoms. The molecule has 58 heavy (non-hydrogen) atoms. The van der Waals surface area contributed by atoms with Gasteiger partial charge in [0.25, 0.3) is 0 Å². The van der Waals surface area contributed by atoms with E-state index in [1.807, 2.05) is 75.5 Å². The summed E-state index contributed by atoms with van der Waals surface area (Å²) in [6, 6.07) is 46.0. The normalized spacial score (nSPS) is 12.7. The molecule has 0 aliphatic heterocycles. The first kappa shape index (κ1) is 38.3. The van der Waals surface area contributed by atoms with E-state index in [2.05, 4.69) is 129 Å². The molecule has 0 N–H and O–H groups in total. The van der Waals surface area contributed by atoms with Crippen LogP contribution in [0.25, 0.3) is 72.2 Å². The monoisotopic (exact) mass is 957 g/mol. The van der Waals surface area contributed by atoms with E-state index in [0.717, 1.165) is 72.2 Å². The fourth-order valence-corrected chi connectivity index (χ4v) is 8.77. The third-order valence-corrected chi connectivity index (χ3v) is 12.3. The van der Waals surface area contributed by atoms with Gasteiger partial charge in [0, 0.05) is 45.8 Å². The summed E-state index contributed by atoms with van der Waals surface area (Å²) in [5, 5.41) is 5.51. The Hall–Kier alpha value is -5.20. The molecule has 4 heterocycles. The summed E-state index contributed by atoms with van der Waals surface area (Å²) in [4.78, 5) is 14.3. The van der Waals surface area contributed by atoms with Crippen LogP contribution in [-0.2, 0) is 31.9 Å². The predicted molar refractivity (Wildman–Crippen MR) is 241 cm³/mol. The number of rotatable bonds is 6. The Labute approximate surface area is 359 Å². The minimum absolute atomic E-state index is 0. The molecule has 0 saturated carbocycles. The second kappa shape index (κ2) is 16.2. The third kappa shape index (κ3) is 8.22. The van der Waals surface area contributed by atoms with Gasteiger partial charge in [-0.15, -0.1) is 53.6 Å². The molecule has 4 aromatic heterocycles. The summed E-state index contributed by atoms with van der Waals surface area (Å²) in [6.45, 7) is 19.2. The van der Waals surface area contributed by atoms with E-state index in [9.17, 15) is 0 Å². The molecule has 295 valence electrons. The van der Waals surface area contributed by atoms with Gasteiger partial charge in [0.1, 0.15) is 0 Å². The molecular weight excluding hydrogens is 905 g/mol. The van der Waals surface area contributed by atoms with E-state index in [1.165, 1.54) is 16.3 Å². The number of fused-ring (bicyclic) bond motifs is 5. The van der Waals surface area contributed by atoms with Crippen molar-refractivity contribution >= 4 is 57.1 Å². The van der Waals surface area contributed by atoms with E-state index >= 15 is 0 Å². The standard InChI is InChI=1S/C29H18N3O.C22H32NSi.Ir/c1-18-13-16-23-22-9-6-10-24(27(22)33-29(23)30-18)28-31-25-11-4-5-12-26(25)32(28)21-15-14-19-7-2-3-8-20(19)17-21;1-16(2)12-18-14-20(23-15-21(18)24(6,7)8)17-10-9-11-19(13-17)22(3,4)5;/h2-9,11-17H,1H3;9,11,13-16H,12H2,1-8H3;/q2*-1;/i;12D2;. The molecule has 0 amide bonds. The Morgan fingerprint density at radius 3 is 2.31 bits per heavy atom. The van der Waals surface area contributed by atoms with Crippen LogP contribution >= 0.6 is 0 Å². The fraction of sp³-hybridized carbons (Fsp3) is 0.235. The van der Waals surface area contributed by atoms with Gasteiger partial charge in [-0.1, -0.05) is 119 Å². The summed E-state index contributed by atoms with van der Waals surface area (Å²) < 4.78 is 25.9. The minimum Gasteiger partial charge on any atom is -0.486 e. The van der Waals surface area contributed by atoms with Gasteiger partial charge in [0.15, 0.2) is 0 Å². The SMILES string of the molecule is Cc1ccc2c(n1)oc1c(-c3nc4ccccc4n3-c3ccc4ccccc4c3)[c-]ccc12.[2H]C([2H])(c1cc(-c2[c-]ccc(C(C)(C)C)c2)ncc1[Si](C)(C)C)C(C)C.[Ir]. The summed E-state index contributed by atoms with van der Waals surface area (Å²) >= 11 is 0. The van der Waals surface area contributed by atoms with Crippen molar-refractivity contribution in [3.05, 3.63) is 150 Å². The van der Waals surface area contributed by atoms with Crippen molar-refractivity contribution in [3.63, 3.8) is 0 Å².